The Kier molecular flexibility index (Phi) is 4.96. The minimum absolute atomic E-state index is 0.0813. The SMILES string of the molecule is NC(=O)NCC(=O)N1CCCC2(CCc3c2nc(N2CCOCC2)[nH]c3=O)C1. The molecule has 1 atom stereocenters. The highest BCUT2D eigenvalue weighted by molar-refractivity contribution is 5.83. The summed E-state index contributed by atoms with van der Waals surface area (Å²) in [6, 6.07) is -0.713. The van der Waals surface area contributed by atoms with Crippen LogP contribution in [0.4, 0.5) is 10.7 Å². The van der Waals surface area contributed by atoms with Crippen LogP contribution in [0, 0.1) is 0 Å². The van der Waals surface area contributed by atoms with Crippen LogP contribution in [0.2, 0.25) is 0 Å². The molecule has 0 aromatic carbocycles. The molecule has 0 bridgehead atoms. The van der Waals surface area contributed by atoms with Gasteiger partial charge in [0.2, 0.25) is 11.9 Å². The number of piperidine rings is 1. The first-order chi connectivity index (χ1) is 13.5. The summed E-state index contributed by atoms with van der Waals surface area (Å²) in [4.78, 5) is 47.7. The topological polar surface area (TPSA) is 134 Å². The molecule has 3 amide bonds. The predicted molar refractivity (Wildman–Crippen MR) is 101 cm³/mol. The smallest absolute Gasteiger partial charge is 0.312 e. The monoisotopic (exact) mass is 390 g/mol. The molecule has 0 saturated carbocycles. The summed E-state index contributed by atoms with van der Waals surface area (Å²) in [6.07, 6.45) is 3.20. The Labute approximate surface area is 162 Å². The molecular formula is C18H26N6O4. The normalized spacial score (nSPS) is 24.3. The highest BCUT2D eigenvalue weighted by atomic mass is 16.5. The molecule has 4 N–H and O–H groups in total. The largest absolute Gasteiger partial charge is 0.378 e. The van der Waals surface area contributed by atoms with Crippen LogP contribution in [0.1, 0.15) is 30.5 Å². The van der Waals surface area contributed by atoms with Crippen molar-refractivity contribution in [3.8, 4) is 0 Å². The molecule has 2 fully saturated rings. The second-order valence-electron chi connectivity index (χ2n) is 7.73. The van der Waals surface area contributed by atoms with Gasteiger partial charge in [-0.15, -0.1) is 0 Å². The number of anilines is 1. The number of hydrogen-bond donors (Lipinski definition) is 3. The lowest BCUT2D eigenvalue weighted by molar-refractivity contribution is -0.132. The summed E-state index contributed by atoms with van der Waals surface area (Å²) in [6.45, 7) is 3.65. The number of aromatic nitrogens is 2. The van der Waals surface area contributed by atoms with Crippen LogP contribution in [0.25, 0.3) is 0 Å². The van der Waals surface area contributed by atoms with Crippen LogP contribution in [-0.2, 0) is 21.4 Å². The van der Waals surface area contributed by atoms with Gasteiger partial charge in [-0.05, 0) is 25.7 Å². The zero-order valence-corrected chi connectivity index (χ0v) is 15.8. The molecule has 2 aliphatic heterocycles. The molecule has 28 heavy (non-hydrogen) atoms. The number of nitrogens with zero attached hydrogens (tertiary/aromatic N) is 3. The van der Waals surface area contributed by atoms with E-state index < -0.39 is 6.03 Å². The molecule has 0 radical (unpaired) electrons. The van der Waals surface area contributed by atoms with Gasteiger partial charge < -0.3 is 25.6 Å². The van der Waals surface area contributed by atoms with Gasteiger partial charge in [-0.2, -0.15) is 0 Å². The summed E-state index contributed by atoms with van der Waals surface area (Å²) >= 11 is 0. The number of amides is 3. The average molecular weight is 390 g/mol. The van der Waals surface area contributed by atoms with Crippen molar-refractivity contribution in [1.29, 1.82) is 0 Å². The van der Waals surface area contributed by atoms with Crippen molar-refractivity contribution in [3.05, 3.63) is 21.6 Å². The minimum Gasteiger partial charge on any atom is -0.378 e. The van der Waals surface area contributed by atoms with Crippen LogP contribution in [0.5, 0.6) is 0 Å². The maximum absolute atomic E-state index is 12.7. The lowest BCUT2D eigenvalue weighted by Crippen LogP contribution is -2.51. The fraction of sp³-hybridized carbons (Fsp3) is 0.667. The number of H-pyrrole nitrogens is 1. The van der Waals surface area contributed by atoms with E-state index in [0.717, 1.165) is 30.5 Å². The number of nitrogens with two attached hydrogens (primary N) is 1. The quantitative estimate of drug-likeness (QED) is 0.611. The molecule has 1 spiro atoms. The maximum Gasteiger partial charge on any atom is 0.312 e. The van der Waals surface area contributed by atoms with E-state index in [1.165, 1.54) is 0 Å². The van der Waals surface area contributed by atoms with Gasteiger partial charge in [0.25, 0.3) is 5.56 Å². The van der Waals surface area contributed by atoms with Gasteiger partial charge in [0, 0.05) is 37.2 Å². The second-order valence-corrected chi connectivity index (χ2v) is 7.73. The summed E-state index contributed by atoms with van der Waals surface area (Å²) < 4.78 is 5.39. The van der Waals surface area contributed by atoms with Gasteiger partial charge in [-0.1, -0.05) is 0 Å². The Balaban J connectivity index is 1.60. The number of carbonyl (C=O) groups excluding carboxylic acids is 2. The summed E-state index contributed by atoms with van der Waals surface area (Å²) in [5.74, 6) is 0.428. The van der Waals surface area contributed by atoms with Crippen molar-refractivity contribution >= 4 is 17.9 Å². The molecule has 1 unspecified atom stereocenters. The van der Waals surface area contributed by atoms with E-state index in [1.807, 2.05) is 4.90 Å². The number of morpholine rings is 1. The first-order valence-electron chi connectivity index (χ1n) is 9.76. The fourth-order valence-corrected chi connectivity index (χ4v) is 4.58. The Morgan fingerprint density at radius 2 is 2.04 bits per heavy atom. The zero-order valence-electron chi connectivity index (χ0n) is 15.8. The van der Waals surface area contributed by atoms with Crippen LogP contribution in [0.15, 0.2) is 4.79 Å². The number of rotatable bonds is 3. The molecule has 1 aromatic heterocycles. The molecule has 10 heteroatoms. The van der Waals surface area contributed by atoms with E-state index in [0.29, 0.717) is 51.8 Å². The third kappa shape index (κ3) is 3.44. The Hall–Kier alpha value is -2.62. The number of primary amides is 1. The number of likely N-dealkylation sites (tertiary alicyclic amines) is 1. The van der Waals surface area contributed by atoms with Crippen LogP contribution in [-0.4, -0.2) is 72.7 Å². The molecule has 2 saturated heterocycles. The van der Waals surface area contributed by atoms with Gasteiger partial charge >= 0.3 is 6.03 Å². The number of nitrogens with one attached hydrogen (secondary N) is 2. The molecule has 3 heterocycles. The van der Waals surface area contributed by atoms with Crippen molar-refractivity contribution in [3.63, 3.8) is 0 Å². The third-order valence-electron chi connectivity index (χ3n) is 6.01. The van der Waals surface area contributed by atoms with E-state index in [2.05, 4.69) is 10.3 Å². The molecule has 1 aliphatic carbocycles. The molecule has 1 aromatic rings. The van der Waals surface area contributed by atoms with Crippen LogP contribution >= 0.6 is 0 Å². The van der Waals surface area contributed by atoms with Crippen molar-refractivity contribution < 1.29 is 14.3 Å². The highest BCUT2D eigenvalue weighted by Gasteiger charge is 2.45. The highest BCUT2D eigenvalue weighted by Crippen LogP contribution is 2.43. The number of carbonyl (C=O) groups is 2. The van der Waals surface area contributed by atoms with Crippen molar-refractivity contribution in [2.24, 2.45) is 5.73 Å². The first-order valence-corrected chi connectivity index (χ1v) is 9.76. The molecule has 3 aliphatic rings. The van der Waals surface area contributed by atoms with Crippen LogP contribution in [0.3, 0.4) is 0 Å². The average Bonchev–Trinajstić information content (AvgIpc) is 3.05. The third-order valence-corrected chi connectivity index (χ3v) is 6.01. The molecule has 152 valence electrons. The van der Waals surface area contributed by atoms with Crippen molar-refractivity contribution in [2.75, 3.05) is 50.8 Å². The molecular weight excluding hydrogens is 364 g/mol. The molecule has 4 rings (SSSR count). The Morgan fingerprint density at radius 1 is 1.25 bits per heavy atom. The van der Waals surface area contributed by atoms with Gasteiger partial charge in [0.05, 0.1) is 25.5 Å². The van der Waals surface area contributed by atoms with E-state index >= 15 is 0 Å². The van der Waals surface area contributed by atoms with Crippen molar-refractivity contribution in [1.82, 2.24) is 20.2 Å². The number of fused-ring (bicyclic) bond motifs is 2. The van der Waals surface area contributed by atoms with Gasteiger partial charge in [0.15, 0.2) is 0 Å². The predicted octanol–water partition coefficient (Wildman–Crippen LogP) is -0.919. The number of hydrogen-bond acceptors (Lipinski definition) is 6. The van der Waals surface area contributed by atoms with E-state index in [-0.39, 0.29) is 23.4 Å². The van der Waals surface area contributed by atoms with Gasteiger partial charge in [0.1, 0.15) is 0 Å². The number of urea groups is 1. The lowest BCUT2D eigenvalue weighted by atomic mass is 9.77. The van der Waals surface area contributed by atoms with Gasteiger partial charge in [-0.25, -0.2) is 9.78 Å². The number of aromatic amines is 1. The molecule has 10 nitrogen and oxygen atoms in total. The number of ether oxygens (including phenoxy) is 1. The van der Waals surface area contributed by atoms with Crippen molar-refractivity contribution in [2.45, 2.75) is 31.1 Å². The van der Waals surface area contributed by atoms with Crippen LogP contribution < -0.4 is 21.5 Å². The Bertz CT molecular complexity index is 834. The first kappa shape index (κ1) is 18.7. The standard InChI is InChI=1S/C18H26N6O4/c19-16(27)20-10-13(25)24-5-1-3-18(11-24)4-2-12-14(18)21-17(22-15(12)26)23-6-8-28-9-7-23/h1-11H2,(H3,19,20,27)(H,21,22,26). The maximum atomic E-state index is 12.7. The second kappa shape index (κ2) is 7.42. The van der Waals surface area contributed by atoms with Gasteiger partial charge in [-0.3, -0.25) is 14.6 Å². The summed E-state index contributed by atoms with van der Waals surface area (Å²) in [5.41, 5.74) is 6.26. The van der Waals surface area contributed by atoms with E-state index in [9.17, 15) is 14.4 Å². The fourth-order valence-electron chi connectivity index (χ4n) is 4.58. The zero-order chi connectivity index (χ0) is 19.7. The summed E-state index contributed by atoms with van der Waals surface area (Å²) in [7, 11) is 0. The lowest BCUT2D eigenvalue weighted by Gasteiger charge is -2.40. The van der Waals surface area contributed by atoms with E-state index in [4.69, 9.17) is 15.5 Å². The minimum atomic E-state index is -0.713. The summed E-state index contributed by atoms with van der Waals surface area (Å²) in [5, 5.41) is 2.36. The Morgan fingerprint density at radius 3 is 2.79 bits per heavy atom. The van der Waals surface area contributed by atoms with E-state index in [1.54, 1.807) is 4.90 Å².